The number of aromatic amines is 1. The Labute approximate surface area is 91.6 Å². The third-order valence-electron chi connectivity index (χ3n) is 2.50. The number of hydrogen-bond acceptors (Lipinski definition) is 3. The molecule has 0 aliphatic rings. The molecule has 0 radical (unpaired) electrons. The van der Waals surface area contributed by atoms with Crippen molar-refractivity contribution in [3.8, 4) is 16.9 Å². The molecule has 2 N–H and O–H groups in total. The maximum atomic E-state index is 9.81. The first-order valence-corrected chi connectivity index (χ1v) is 4.91. The van der Waals surface area contributed by atoms with Crippen molar-refractivity contribution in [2.75, 3.05) is 0 Å². The average Bonchev–Trinajstić information content (AvgIpc) is 2.79. The Morgan fingerprint density at radius 3 is 2.94 bits per heavy atom. The molecule has 2 aromatic heterocycles. The number of H-pyrrole nitrogens is 1. The van der Waals surface area contributed by atoms with Crippen LogP contribution in [-0.2, 0) is 0 Å². The molecule has 0 amide bonds. The zero-order valence-electron chi connectivity index (χ0n) is 8.38. The van der Waals surface area contributed by atoms with Gasteiger partial charge in [-0.1, -0.05) is 6.07 Å². The van der Waals surface area contributed by atoms with Crippen LogP contribution in [0.4, 0.5) is 0 Å². The molecule has 3 aromatic rings. The van der Waals surface area contributed by atoms with Gasteiger partial charge in [0.2, 0.25) is 0 Å². The smallest absolute Gasteiger partial charge is 0.141 e. The minimum Gasteiger partial charge on any atom is -0.506 e. The van der Waals surface area contributed by atoms with Gasteiger partial charge < -0.3 is 10.1 Å². The van der Waals surface area contributed by atoms with Gasteiger partial charge in [-0.3, -0.25) is 4.98 Å². The number of aromatic hydroxyl groups is 1. The van der Waals surface area contributed by atoms with Gasteiger partial charge in [0.1, 0.15) is 11.3 Å². The van der Waals surface area contributed by atoms with Gasteiger partial charge in [-0.2, -0.15) is 0 Å². The van der Waals surface area contributed by atoms with E-state index in [4.69, 9.17) is 0 Å². The number of pyridine rings is 1. The summed E-state index contributed by atoms with van der Waals surface area (Å²) >= 11 is 0. The van der Waals surface area contributed by atoms with Gasteiger partial charge >= 0.3 is 0 Å². The summed E-state index contributed by atoms with van der Waals surface area (Å²) in [5.41, 5.74) is 3.28. The minimum atomic E-state index is 0.203. The van der Waals surface area contributed by atoms with Crippen LogP contribution in [0, 0.1) is 0 Å². The molecule has 4 heteroatoms. The SMILES string of the molecule is Oc1cc(-c2cccnc2)cc2nc[nH]c12. The number of nitrogens with zero attached hydrogens (tertiary/aromatic N) is 2. The molecule has 0 spiro atoms. The normalized spacial score (nSPS) is 10.8. The van der Waals surface area contributed by atoms with Crippen LogP contribution in [0.15, 0.2) is 43.0 Å². The lowest BCUT2D eigenvalue weighted by Crippen LogP contribution is -1.80. The van der Waals surface area contributed by atoms with E-state index in [-0.39, 0.29) is 5.75 Å². The van der Waals surface area contributed by atoms with Crippen LogP contribution in [0.2, 0.25) is 0 Å². The van der Waals surface area contributed by atoms with Crippen molar-refractivity contribution in [3.05, 3.63) is 43.0 Å². The first kappa shape index (κ1) is 8.91. The Bertz CT molecular complexity index is 631. The molecule has 78 valence electrons. The second-order valence-corrected chi connectivity index (χ2v) is 3.53. The van der Waals surface area contributed by atoms with Crippen LogP contribution in [0.3, 0.4) is 0 Å². The monoisotopic (exact) mass is 211 g/mol. The highest BCUT2D eigenvalue weighted by molar-refractivity contribution is 5.86. The van der Waals surface area contributed by atoms with Crippen LogP contribution >= 0.6 is 0 Å². The molecule has 0 fully saturated rings. The summed E-state index contributed by atoms with van der Waals surface area (Å²) in [6, 6.07) is 7.43. The molecular weight excluding hydrogens is 202 g/mol. The second kappa shape index (κ2) is 3.34. The molecule has 0 saturated carbocycles. The van der Waals surface area contributed by atoms with Crippen molar-refractivity contribution in [3.63, 3.8) is 0 Å². The fourth-order valence-electron chi connectivity index (χ4n) is 1.73. The molecule has 3 rings (SSSR count). The second-order valence-electron chi connectivity index (χ2n) is 3.53. The van der Waals surface area contributed by atoms with Crippen molar-refractivity contribution in [1.82, 2.24) is 15.0 Å². The number of nitrogens with one attached hydrogen (secondary N) is 1. The Hall–Kier alpha value is -2.36. The van der Waals surface area contributed by atoms with Gasteiger partial charge in [0.15, 0.2) is 0 Å². The molecule has 1 aromatic carbocycles. The van der Waals surface area contributed by atoms with Crippen LogP contribution in [0.1, 0.15) is 0 Å². The first-order chi connectivity index (χ1) is 7.84. The molecule has 0 bridgehead atoms. The largest absolute Gasteiger partial charge is 0.506 e. The third-order valence-corrected chi connectivity index (χ3v) is 2.50. The standard InChI is InChI=1S/C12H9N3O/c16-11-5-9(8-2-1-3-13-6-8)4-10-12(11)15-7-14-10/h1-7,16H,(H,14,15). The number of phenols is 1. The van der Waals surface area contributed by atoms with Crippen molar-refractivity contribution < 1.29 is 5.11 Å². The van der Waals surface area contributed by atoms with E-state index in [1.165, 1.54) is 0 Å². The van der Waals surface area contributed by atoms with Crippen LogP contribution in [0.25, 0.3) is 22.2 Å². The van der Waals surface area contributed by atoms with E-state index < -0.39 is 0 Å². The summed E-state index contributed by atoms with van der Waals surface area (Å²) in [5, 5.41) is 9.81. The van der Waals surface area contributed by atoms with Crippen molar-refractivity contribution in [2.24, 2.45) is 0 Å². The van der Waals surface area contributed by atoms with E-state index in [9.17, 15) is 5.11 Å². The number of imidazole rings is 1. The lowest BCUT2D eigenvalue weighted by atomic mass is 10.1. The van der Waals surface area contributed by atoms with E-state index in [1.807, 2.05) is 18.2 Å². The number of hydrogen-bond donors (Lipinski definition) is 2. The Kier molecular flexibility index (Phi) is 1.86. The van der Waals surface area contributed by atoms with Gasteiger partial charge in [-0.05, 0) is 23.8 Å². The number of benzene rings is 1. The molecule has 2 heterocycles. The van der Waals surface area contributed by atoms with Crippen LogP contribution in [-0.4, -0.2) is 20.1 Å². The quantitative estimate of drug-likeness (QED) is 0.649. The van der Waals surface area contributed by atoms with Crippen LogP contribution in [0.5, 0.6) is 5.75 Å². The highest BCUT2D eigenvalue weighted by Gasteiger charge is 2.06. The van der Waals surface area contributed by atoms with E-state index >= 15 is 0 Å². The fourth-order valence-corrected chi connectivity index (χ4v) is 1.73. The molecular formula is C12H9N3O. The summed E-state index contributed by atoms with van der Waals surface area (Å²) in [4.78, 5) is 11.1. The van der Waals surface area contributed by atoms with E-state index in [0.717, 1.165) is 16.6 Å². The lowest BCUT2D eigenvalue weighted by Gasteiger charge is -2.02. The van der Waals surface area contributed by atoms with Gasteiger partial charge in [0.25, 0.3) is 0 Å². The van der Waals surface area contributed by atoms with Gasteiger partial charge in [-0.15, -0.1) is 0 Å². The highest BCUT2D eigenvalue weighted by atomic mass is 16.3. The van der Waals surface area contributed by atoms with Crippen molar-refractivity contribution in [1.29, 1.82) is 0 Å². The summed E-state index contributed by atoms with van der Waals surface area (Å²) in [7, 11) is 0. The number of rotatable bonds is 1. The number of phenolic OH excluding ortho intramolecular Hbond substituents is 1. The summed E-state index contributed by atoms with van der Waals surface area (Å²) in [5.74, 6) is 0.203. The lowest BCUT2D eigenvalue weighted by molar-refractivity contribution is 0.481. The molecule has 16 heavy (non-hydrogen) atoms. The Balaban J connectivity index is 2.25. The fraction of sp³-hybridized carbons (Fsp3) is 0. The van der Waals surface area contributed by atoms with Gasteiger partial charge in [0, 0.05) is 18.0 Å². The molecule has 0 aliphatic carbocycles. The maximum absolute atomic E-state index is 9.81. The van der Waals surface area contributed by atoms with Crippen molar-refractivity contribution >= 4 is 11.0 Å². The van der Waals surface area contributed by atoms with Gasteiger partial charge in [-0.25, -0.2) is 4.98 Å². The third kappa shape index (κ3) is 1.32. The highest BCUT2D eigenvalue weighted by Crippen LogP contribution is 2.29. The van der Waals surface area contributed by atoms with E-state index in [2.05, 4.69) is 15.0 Å². The summed E-state index contributed by atoms with van der Waals surface area (Å²) in [6.07, 6.45) is 5.04. The van der Waals surface area contributed by atoms with E-state index in [1.54, 1.807) is 24.8 Å². The summed E-state index contributed by atoms with van der Waals surface area (Å²) in [6.45, 7) is 0. The predicted octanol–water partition coefficient (Wildman–Crippen LogP) is 2.33. The first-order valence-electron chi connectivity index (χ1n) is 4.91. The predicted molar refractivity (Wildman–Crippen MR) is 61.0 cm³/mol. The molecule has 0 unspecified atom stereocenters. The van der Waals surface area contributed by atoms with Gasteiger partial charge in [0.05, 0.1) is 11.8 Å². The van der Waals surface area contributed by atoms with Crippen molar-refractivity contribution in [2.45, 2.75) is 0 Å². The number of aromatic nitrogens is 3. The minimum absolute atomic E-state index is 0.203. The molecule has 0 atom stereocenters. The zero-order valence-corrected chi connectivity index (χ0v) is 8.38. The zero-order chi connectivity index (χ0) is 11.0. The average molecular weight is 211 g/mol. The molecule has 0 aliphatic heterocycles. The Morgan fingerprint density at radius 1 is 1.19 bits per heavy atom. The Morgan fingerprint density at radius 2 is 2.12 bits per heavy atom. The van der Waals surface area contributed by atoms with E-state index in [0.29, 0.717) is 5.52 Å². The number of fused-ring (bicyclic) bond motifs is 1. The van der Waals surface area contributed by atoms with Crippen LogP contribution < -0.4 is 0 Å². The maximum Gasteiger partial charge on any atom is 0.141 e. The topological polar surface area (TPSA) is 61.8 Å². The molecule has 4 nitrogen and oxygen atoms in total. The summed E-state index contributed by atoms with van der Waals surface area (Å²) < 4.78 is 0. The molecule has 0 saturated heterocycles.